The molecule has 3 aromatic rings. The molecular formula is C20H19N3O2. The van der Waals surface area contributed by atoms with Crippen LogP contribution in [0.1, 0.15) is 29.3 Å². The van der Waals surface area contributed by atoms with Crippen molar-refractivity contribution in [1.82, 2.24) is 10.1 Å². The SMILES string of the molecule is Cc1cccc(C)c1N1CC(c2noc(-c3ccccc3)n2)CC1=O. The van der Waals surface area contributed by atoms with Gasteiger partial charge in [0, 0.05) is 30.1 Å². The number of aromatic nitrogens is 2. The van der Waals surface area contributed by atoms with Crippen molar-refractivity contribution < 1.29 is 9.32 Å². The summed E-state index contributed by atoms with van der Waals surface area (Å²) in [5.41, 5.74) is 4.10. The number of carbonyl (C=O) groups excluding carboxylic acids is 1. The molecule has 1 fully saturated rings. The molecule has 0 bridgehead atoms. The molecule has 0 radical (unpaired) electrons. The van der Waals surface area contributed by atoms with Crippen molar-refractivity contribution in [3.63, 3.8) is 0 Å². The molecule has 1 aromatic heterocycles. The van der Waals surface area contributed by atoms with Gasteiger partial charge in [-0.1, -0.05) is 41.6 Å². The molecule has 5 heteroatoms. The van der Waals surface area contributed by atoms with E-state index >= 15 is 0 Å². The zero-order valence-electron chi connectivity index (χ0n) is 14.3. The van der Waals surface area contributed by atoms with Crippen molar-refractivity contribution in [3.05, 3.63) is 65.5 Å². The minimum atomic E-state index is -0.0484. The predicted molar refractivity (Wildman–Crippen MR) is 95.4 cm³/mol. The van der Waals surface area contributed by atoms with E-state index in [9.17, 15) is 4.79 Å². The Balaban J connectivity index is 1.60. The third kappa shape index (κ3) is 2.82. The largest absolute Gasteiger partial charge is 0.334 e. The van der Waals surface area contributed by atoms with E-state index in [4.69, 9.17) is 4.52 Å². The van der Waals surface area contributed by atoms with E-state index in [0.717, 1.165) is 22.4 Å². The fourth-order valence-electron chi connectivity index (χ4n) is 3.43. The number of amides is 1. The fourth-order valence-corrected chi connectivity index (χ4v) is 3.43. The van der Waals surface area contributed by atoms with Crippen LogP contribution >= 0.6 is 0 Å². The van der Waals surface area contributed by atoms with Crippen LogP contribution in [-0.2, 0) is 4.79 Å². The Hall–Kier alpha value is -2.95. The van der Waals surface area contributed by atoms with E-state index in [0.29, 0.717) is 24.7 Å². The Morgan fingerprint density at radius 2 is 1.76 bits per heavy atom. The van der Waals surface area contributed by atoms with Crippen LogP contribution in [0.3, 0.4) is 0 Å². The molecule has 0 spiro atoms. The standard InChI is InChI=1S/C20H19N3O2/c1-13-7-6-8-14(2)18(13)23-12-16(11-17(23)24)19-21-20(25-22-19)15-9-4-3-5-10-15/h3-10,16H,11-12H2,1-2H3. The van der Waals surface area contributed by atoms with Crippen LogP contribution < -0.4 is 4.90 Å². The summed E-state index contributed by atoms with van der Waals surface area (Å²) in [5.74, 6) is 1.15. The molecule has 4 rings (SSSR count). The number of anilines is 1. The molecule has 0 N–H and O–H groups in total. The smallest absolute Gasteiger partial charge is 0.257 e. The molecule has 25 heavy (non-hydrogen) atoms. The number of rotatable bonds is 3. The van der Waals surface area contributed by atoms with Crippen LogP contribution in [0.5, 0.6) is 0 Å². The van der Waals surface area contributed by atoms with E-state index in [2.05, 4.69) is 10.1 Å². The van der Waals surface area contributed by atoms with Crippen molar-refractivity contribution in [2.75, 3.05) is 11.4 Å². The van der Waals surface area contributed by atoms with Gasteiger partial charge in [0.1, 0.15) is 0 Å². The maximum Gasteiger partial charge on any atom is 0.257 e. The summed E-state index contributed by atoms with van der Waals surface area (Å²) >= 11 is 0. The molecule has 2 heterocycles. The first-order valence-electron chi connectivity index (χ1n) is 8.39. The maximum absolute atomic E-state index is 12.6. The second-order valence-electron chi connectivity index (χ2n) is 6.47. The van der Waals surface area contributed by atoms with Gasteiger partial charge in [-0.3, -0.25) is 4.79 Å². The summed E-state index contributed by atoms with van der Waals surface area (Å²) in [5, 5.41) is 4.12. The summed E-state index contributed by atoms with van der Waals surface area (Å²) in [6.07, 6.45) is 0.404. The average Bonchev–Trinajstić information content (AvgIpc) is 3.23. The Bertz CT molecular complexity index is 897. The van der Waals surface area contributed by atoms with Crippen LogP contribution in [0, 0.1) is 13.8 Å². The van der Waals surface area contributed by atoms with Crippen LogP contribution in [0.4, 0.5) is 5.69 Å². The van der Waals surface area contributed by atoms with E-state index in [1.807, 2.05) is 67.3 Å². The highest BCUT2D eigenvalue weighted by Gasteiger charge is 2.35. The molecule has 1 unspecified atom stereocenters. The minimum Gasteiger partial charge on any atom is -0.334 e. The highest BCUT2D eigenvalue weighted by Crippen LogP contribution is 2.34. The summed E-state index contributed by atoms with van der Waals surface area (Å²) in [6.45, 7) is 4.65. The number of carbonyl (C=O) groups is 1. The minimum absolute atomic E-state index is 0.0484. The average molecular weight is 333 g/mol. The molecule has 0 saturated carbocycles. The lowest BCUT2D eigenvalue weighted by atomic mass is 10.1. The zero-order chi connectivity index (χ0) is 17.4. The Morgan fingerprint density at radius 3 is 2.48 bits per heavy atom. The van der Waals surface area contributed by atoms with Crippen molar-refractivity contribution >= 4 is 11.6 Å². The van der Waals surface area contributed by atoms with Gasteiger partial charge in [-0.25, -0.2) is 0 Å². The van der Waals surface area contributed by atoms with Gasteiger partial charge < -0.3 is 9.42 Å². The third-order valence-corrected chi connectivity index (χ3v) is 4.66. The Labute approximate surface area is 146 Å². The maximum atomic E-state index is 12.6. The molecular weight excluding hydrogens is 314 g/mol. The van der Waals surface area contributed by atoms with E-state index in [-0.39, 0.29) is 11.8 Å². The van der Waals surface area contributed by atoms with Crippen molar-refractivity contribution in [3.8, 4) is 11.5 Å². The lowest BCUT2D eigenvalue weighted by Gasteiger charge is -2.21. The molecule has 5 nitrogen and oxygen atoms in total. The molecule has 126 valence electrons. The summed E-state index contributed by atoms with van der Waals surface area (Å²) in [4.78, 5) is 18.9. The number of nitrogens with zero attached hydrogens (tertiary/aromatic N) is 3. The fraction of sp³-hybridized carbons (Fsp3) is 0.250. The number of para-hydroxylation sites is 1. The van der Waals surface area contributed by atoms with Gasteiger partial charge in [-0.15, -0.1) is 0 Å². The quantitative estimate of drug-likeness (QED) is 0.730. The van der Waals surface area contributed by atoms with Gasteiger partial charge in [-0.05, 0) is 37.1 Å². The third-order valence-electron chi connectivity index (χ3n) is 4.66. The van der Waals surface area contributed by atoms with Crippen molar-refractivity contribution in [2.45, 2.75) is 26.2 Å². The molecule has 1 aliphatic rings. The first-order valence-corrected chi connectivity index (χ1v) is 8.39. The number of hydrogen-bond acceptors (Lipinski definition) is 4. The Morgan fingerprint density at radius 1 is 1.04 bits per heavy atom. The van der Waals surface area contributed by atoms with Gasteiger partial charge in [-0.2, -0.15) is 4.98 Å². The first-order chi connectivity index (χ1) is 12.1. The summed E-state index contributed by atoms with van der Waals surface area (Å²) in [6, 6.07) is 15.7. The van der Waals surface area contributed by atoms with Crippen LogP contribution in [0.25, 0.3) is 11.5 Å². The highest BCUT2D eigenvalue weighted by atomic mass is 16.5. The lowest BCUT2D eigenvalue weighted by Crippen LogP contribution is -2.26. The molecule has 1 saturated heterocycles. The number of hydrogen-bond donors (Lipinski definition) is 0. The molecule has 1 amide bonds. The molecule has 1 atom stereocenters. The molecule has 1 aliphatic heterocycles. The Kier molecular flexibility index (Phi) is 3.84. The second-order valence-corrected chi connectivity index (χ2v) is 6.47. The topological polar surface area (TPSA) is 59.2 Å². The van der Waals surface area contributed by atoms with Gasteiger partial charge >= 0.3 is 0 Å². The van der Waals surface area contributed by atoms with Crippen molar-refractivity contribution in [2.24, 2.45) is 0 Å². The summed E-state index contributed by atoms with van der Waals surface area (Å²) in [7, 11) is 0. The normalized spacial score (nSPS) is 17.3. The second kappa shape index (κ2) is 6.16. The zero-order valence-corrected chi connectivity index (χ0v) is 14.3. The number of aryl methyl sites for hydroxylation is 2. The van der Waals surface area contributed by atoms with Crippen LogP contribution in [0.2, 0.25) is 0 Å². The van der Waals surface area contributed by atoms with Crippen LogP contribution in [0.15, 0.2) is 53.1 Å². The molecule has 0 aliphatic carbocycles. The highest BCUT2D eigenvalue weighted by molar-refractivity contribution is 5.97. The number of benzene rings is 2. The molecule has 2 aromatic carbocycles. The van der Waals surface area contributed by atoms with Gasteiger partial charge in [0.2, 0.25) is 5.91 Å². The first kappa shape index (κ1) is 15.6. The predicted octanol–water partition coefficient (Wildman–Crippen LogP) is 3.87. The van der Waals surface area contributed by atoms with E-state index in [1.54, 1.807) is 0 Å². The summed E-state index contributed by atoms with van der Waals surface area (Å²) < 4.78 is 5.40. The lowest BCUT2D eigenvalue weighted by molar-refractivity contribution is -0.117. The van der Waals surface area contributed by atoms with Gasteiger partial charge in [0.15, 0.2) is 5.82 Å². The van der Waals surface area contributed by atoms with Crippen molar-refractivity contribution in [1.29, 1.82) is 0 Å². The monoisotopic (exact) mass is 333 g/mol. The van der Waals surface area contributed by atoms with E-state index in [1.165, 1.54) is 0 Å². The van der Waals surface area contributed by atoms with Crippen LogP contribution in [-0.4, -0.2) is 22.6 Å². The van der Waals surface area contributed by atoms with E-state index < -0.39 is 0 Å². The van der Waals surface area contributed by atoms with Gasteiger partial charge in [0.05, 0.1) is 0 Å². The van der Waals surface area contributed by atoms with Gasteiger partial charge in [0.25, 0.3) is 5.89 Å².